The van der Waals surface area contributed by atoms with Gasteiger partial charge in [-0.2, -0.15) is 5.10 Å². The molecule has 2 aromatic rings. The van der Waals surface area contributed by atoms with Crippen LogP contribution in [0.1, 0.15) is 37.8 Å². The van der Waals surface area contributed by atoms with Crippen molar-refractivity contribution in [2.75, 3.05) is 17.9 Å². The van der Waals surface area contributed by atoms with Crippen LogP contribution in [0.5, 0.6) is 0 Å². The first-order chi connectivity index (χ1) is 9.99. The van der Waals surface area contributed by atoms with Crippen LogP contribution in [0, 0.1) is 0 Å². The zero-order valence-corrected chi connectivity index (χ0v) is 14.7. The second kappa shape index (κ2) is 6.92. The highest BCUT2D eigenvalue weighted by molar-refractivity contribution is 7.84. The molecule has 2 heterocycles. The van der Waals surface area contributed by atoms with Crippen LogP contribution in [-0.2, 0) is 30.7 Å². The van der Waals surface area contributed by atoms with E-state index in [9.17, 15) is 4.21 Å². The molecule has 0 radical (unpaired) electrons. The average molecular weight is 331 g/mol. The zero-order chi connectivity index (χ0) is 15.6. The van der Waals surface area contributed by atoms with Crippen molar-refractivity contribution < 1.29 is 4.21 Å². The zero-order valence-electron chi connectivity index (χ0n) is 13.1. The smallest absolute Gasteiger partial charge is 0.158 e. The van der Waals surface area contributed by atoms with Crippen molar-refractivity contribution in [2.45, 2.75) is 39.2 Å². The Morgan fingerprint density at radius 2 is 2.14 bits per heavy atom. The Morgan fingerprint density at radius 3 is 2.71 bits per heavy atom. The fourth-order valence-electron chi connectivity index (χ4n) is 2.68. The lowest BCUT2D eigenvalue weighted by atomic mass is 10.2. The van der Waals surface area contributed by atoms with Crippen molar-refractivity contribution >= 4 is 33.6 Å². The topological polar surface area (TPSA) is 52.7 Å². The van der Waals surface area contributed by atoms with Gasteiger partial charge in [-0.15, -0.1) is 11.6 Å². The van der Waals surface area contributed by atoms with Gasteiger partial charge in [0.15, 0.2) is 5.65 Å². The number of alkyl halides is 1. The van der Waals surface area contributed by atoms with Crippen LogP contribution in [0.15, 0.2) is 0 Å². The Hall–Kier alpha value is -0.880. The molecule has 0 fully saturated rings. The molecular weight excluding hydrogens is 308 g/mol. The van der Waals surface area contributed by atoms with Crippen molar-refractivity contribution in [3.8, 4) is 0 Å². The minimum atomic E-state index is -0.776. The van der Waals surface area contributed by atoms with Crippen molar-refractivity contribution in [1.82, 2.24) is 19.3 Å². The molecule has 0 saturated carbocycles. The lowest BCUT2D eigenvalue weighted by molar-refractivity contribution is 0.513. The van der Waals surface area contributed by atoms with Gasteiger partial charge in [-0.05, 0) is 19.8 Å². The molecule has 7 heteroatoms. The molecule has 0 N–H and O–H groups in total. The molecule has 0 amide bonds. The van der Waals surface area contributed by atoms with Gasteiger partial charge in [0, 0.05) is 48.2 Å². The highest BCUT2D eigenvalue weighted by Crippen LogP contribution is 2.26. The minimum absolute atomic E-state index is 0.234. The predicted molar refractivity (Wildman–Crippen MR) is 88.6 cm³/mol. The molecule has 2 aromatic heterocycles. The van der Waals surface area contributed by atoms with E-state index in [4.69, 9.17) is 16.6 Å². The molecule has 2 atom stereocenters. The molecule has 2 rings (SSSR count). The van der Waals surface area contributed by atoms with E-state index in [0.717, 1.165) is 41.9 Å². The summed E-state index contributed by atoms with van der Waals surface area (Å²) in [4.78, 5) is 4.76. The third-order valence-electron chi connectivity index (χ3n) is 3.73. The van der Waals surface area contributed by atoms with Gasteiger partial charge in [0.25, 0.3) is 0 Å². The number of hydrogen-bond donors (Lipinski definition) is 0. The van der Waals surface area contributed by atoms with E-state index in [0.29, 0.717) is 11.6 Å². The molecule has 0 aromatic carbocycles. The monoisotopic (exact) mass is 330 g/mol. The number of fused-ring (bicyclic) bond motifs is 1. The van der Waals surface area contributed by atoms with Crippen LogP contribution in [0.4, 0.5) is 0 Å². The van der Waals surface area contributed by atoms with Gasteiger partial charge < -0.3 is 4.57 Å². The van der Waals surface area contributed by atoms with Crippen LogP contribution in [-0.4, -0.2) is 41.4 Å². The summed E-state index contributed by atoms with van der Waals surface area (Å²) in [5, 5.41) is 4.55. The molecule has 0 aliphatic rings. The summed E-state index contributed by atoms with van der Waals surface area (Å²) >= 11 is 5.92. The largest absolute Gasteiger partial charge is 0.310 e. The van der Waals surface area contributed by atoms with Crippen LogP contribution in [0.25, 0.3) is 11.2 Å². The number of imidazole rings is 1. The Bertz CT molecular complexity index is 649. The van der Waals surface area contributed by atoms with Gasteiger partial charge in [-0.1, -0.05) is 6.92 Å². The maximum atomic E-state index is 11.4. The summed E-state index contributed by atoms with van der Waals surface area (Å²) < 4.78 is 15.5. The van der Waals surface area contributed by atoms with Crippen LogP contribution >= 0.6 is 11.6 Å². The second-order valence-electron chi connectivity index (χ2n) is 5.35. The molecular formula is C14H23ClN4OS. The molecule has 0 saturated heterocycles. The van der Waals surface area contributed by atoms with Gasteiger partial charge in [0.05, 0.1) is 5.69 Å². The maximum absolute atomic E-state index is 11.4. The Labute approximate surface area is 133 Å². The summed E-state index contributed by atoms with van der Waals surface area (Å²) in [6, 6.07) is 0.234. The molecule has 0 aliphatic carbocycles. The summed E-state index contributed by atoms with van der Waals surface area (Å²) in [5.74, 6) is 2.24. The SMILES string of the molecule is CCc1nn(C)c2c1nc(CCCl)n2C(C)CCS(C)=O. The Kier molecular flexibility index (Phi) is 5.43. The highest BCUT2D eigenvalue weighted by atomic mass is 35.5. The van der Waals surface area contributed by atoms with Gasteiger partial charge in [0.1, 0.15) is 11.3 Å². The van der Waals surface area contributed by atoms with Crippen molar-refractivity contribution in [3.63, 3.8) is 0 Å². The quantitative estimate of drug-likeness (QED) is 0.733. The number of halogens is 1. The molecule has 0 spiro atoms. The van der Waals surface area contributed by atoms with Crippen molar-refractivity contribution in [1.29, 1.82) is 0 Å². The van der Waals surface area contributed by atoms with Crippen molar-refractivity contribution in [3.05, 3.63) is 11.5 Å². The lowest BCUT2D eigenvalue weighted by Crippen LogP contribution is -2.14. The third-order valence-corrected chi connectivity index (χ3v) is 4.73. The molecule has 0 bridgehead atoms. The van der Waals surface area contributed by atoms with Gasteiger partial charge in [0.2, 0.25) is 0 Å². The van der Waals surface area contributed by atoms with E-state index in [1.54, 1.807) is 6.26 Å². The van der Waals surface area contributed by atoms with E-state index in [1.165, 1.54) is 0 Å². The van der Waals surface area contributed by atoms with E-state index < -0.39 is 10.8 Å². The lowest BCUT2D eigenvalue weighted by Gasteiger charge is -2.17. The van der Waals surface area contributed by atoms with Gasteiger partial charge in [-0.25, -0.2) is 4.98 Å². The van der Waals surface area contributed by atoms with Crippen LogP contribution in [0.3, 0.4) is 0 Å². The predicted octanol–water partition coefficient (Wildman–Crippen LogP) is 2.44. The first kappa shape index (κ1) is 16.5. The summed E-state index contributed by atoms with van der Waals surface area (Å²) in [5.41, 5.74) is 3.04. The third kappa shape index (κ3) is 3.31. The van der Waals surface area contributed by atoms with E-state index in [2.05, 4.69) is 23.5 Å². The van der Waals surface area contributed by atoms with Crippen LogP contribution < -0.4 is 0 Å². The van der Waals surface area contributed by atoms with Gasteiger partial charge in [-0.3, -0.25) is 8.89 Å². The molecule has 0 aliphatic heterocycles. The highest BCUT2D eigenvalue weighted by Gasteiger charge is 2.21. The normalized spacial score (nSPS) is 14.7. The fraction of sp³-hybridized carbons (Fsp3) is 0.714. The first-order valence-electron chi connectivity index (χ1n) is 7.28. The Balaban J connectivity index is 2.49. The van der Waals surface area contributed by atoms with Crippen LogP contribution in [0.2, 0.25) is 0 Å². The van der Waals surface area contributed by atoms with E-state index in [1.807, 2.05) is 11.7 Å². The summed E-state index contributed by atoms with van der Waals surface area (Å²) in [7, 11) is 1.18. The summed E-state index contributed by atoms with van der Waals surface area (Å²) in [6.45, 7) is 4.23. The van der Waals surface area contributed by atoms with E-state index in [-0.39, 0.29) is 6.04 Å². The molecule has 5 nitrogen and oxygen atoms in total. The minimum Gasteiger partial charge on any atom is -0.310 e. The summed E-state index contributed by atoms with van der Waals surface area (Å²) in [6.07, 6.45) is 4.20. The number of hydrogen-bond acceptors (Lipinski definition) is 3. The molecule has 118 valence electrons. The molecule has 2 unspecified atom stereocenters. The van der Waals surface area contributed by atoms with Gasteiger partial charge >= 0.3 is 0 Å². The second-order valence-corrected chi connectivity index (χ2v) is 7.28. The number of nitrogens with zero attached hydrogens (tertiary/aromatic N) is 4. The maximum Gasteiger partial charge on any atom is 0.158 e. The number of aromatic nitrogens is 4. The van der Waals surface area contributed by atoms with E-state index >= 15 is 0 Å². The van der Waals surface area contributed by atoms with Crippen molar-refractivity contribution in [2.24, 2.45) is 7.05 Å². The first-order valence-corrected chi connectivity index (χ1v) is 9.54. The Morgan fingerprint density at radius 1 is 1.43 bits per heavy atom. The number of aryl methyl sites for hydroxylation is 3. The average Bonchev–Trinajstić information content (AvgIpc) is 2.94. The molecule has 21 heavy (non-hydrogen) atoms. The standard InChI is InChI=1S/C14H23ClN4OS/c1-5-11-13-14(18(3)17-11)19(12(16-13)6-8-15)10(2)7-9-21(4)20/h10H,5-9H2,1-4H3. The number of rotatable bonds is 7. The fourth-order valence-corrected chi connectivity index (χ4v) is 3.52.